The summed E-state index contributed by atoms with van der Waals surface area (Å²) in [6, 6.07) is 4.65. The second kappa shape index (κ2) is 8.44. The number of ether oxygens (including phenoxy) is 1. The number of alkyl halides is 2. The summed E-state index contributed by atoms with van der Waals surface area (Å²) < 4.78 is 32.2. The summed E-state index contributed by atoms with van der Waals surface area (Å²) in [6.45, 7) is 3.85. The van der Waals surface area contributed by atoms with Crippen molar-refractivity contribution in [3.63, 3.8) is 0 Å². The molecular formula is C15H20BrF2NO2. The Bertz CT molecular complexity index is 451. The van der Waals surface area contributed by atoms with Gasteiger partial charge in [0.2, 0.25) is 0 Å². The quantitative estimate of drug-likeness (QED) is 0.745. The number of carbonyl (C=O) groups is 1. The van der Waals surface area contributed by atoms with Crippen LogP contribution in [0.4, 0.5) is 8.78 Å². The molecule has 1 aromatic rings. The molecule has 0 aliphatic rings. The van der Waals surface area contributed by atoms with Gasteiger partial charge >= 0.3 is 5.97 Å². The maximum Gasteiger partial charge on any atom is 0.322 e. The summed E-state index contributed by atoms with van der Waals surface area (Å²) in [5, 5.41) is 2.73. The SMILES string of the molecule is COC(=O)[C@H](CC(C)C)N[C@@H](c1ccc(Br)cc1)C(F)F. The lowest BCUT2D eigenvalue weighted by atomic mass is 10.0. The van der Waals surface area contributed by atoms with Gasteiger partial charge in [0.15, 0.2) is 0 Å². The Kier molecular flexibility index (Phi) is 7.25. The number of methoxy groups -OCH3 is 1. The van der Waals surface area contributed by atoms with Crippen LogP contribution in [0.3, 0.4) is 0 Å². The van der Waals surface area contributed by atoms with Gasteiger partial charge in [-0.15, -0.1) is 0 Å². The van der Waals surface area contributed by atoms with Gasteiger partial charge in [0.05, 0.1) is 13.2 Å². The normalized spacial score (nSPS) is 14.3. The third-order valence-electron chi connectivity index (χ3n) is 3.05. The molecule has 0 spiro atoms. The van der Waals surface area contributed by atoms with E-state index in [-0.39, 0.29) is 5.92 Å². The second-order valence-electron chi connectivity index (χ2n) is 5.24. The van der Waals surface area contributed by atoms with Gasteiger partial charge in [-0.25, -0.2) is 8.78 Å². The summed E-state index contributed by atoms with van der Waals surface area (Å²) in [6.07, 6.45) is -2.18. The maximum atomic E-state index is 13.3. The van der Waals surface area contributed by atoms with E-state index in [1.165, 1.54) is 7.11 Å². The van der Waals surface area contributed by atoms with Gasteiger partial charge in [0.25, 0.3) is 6.43 Å². The van der Waals surface area contributed by atoms with Gasteiger partial charge in [0, 0.05) is 4.47 Å². The first-order chi connectivity index (χ1) is 9.85. The summed E-state index contributed by atoms with van der Waals surface area (Å²) in [4.78, 5) is 11.8. The molecule has 0 bridgehead atoms. The van der Waals surface area contributed by atoms with Crippen molar-refractivity contribution < 1.29 is 18.3 Å². The molecular weight excluding hydrogens is 344 g/mol. The van der Waals surface area contributed by atoms with Crippen molar-refractivity contribution in [2.75, 3.05) is 7.11 Å². The van der Waals surface area contributed by atoms with Crippen LogP contribution in [0.5, 0.6) is 0 Å². The standard InChI is InChI=1S/C15H20BrF2NO2/c1-9(2)8-12(15(20)21-3)19-13(14(17)18)10-4-6-11(16)7-5-10/h4-7,9,12-14,19H,8H2,1-3H3/t12-,13-/m0/s1. The number of hydrogen-bond donors (Lipinski definition) is 1. The van der Waals surface area contributed by atoms with Crippen LogP contribution in [0.15, 0.2) is 28.7 Å². The Hall–Kier alpha value is -1.01. The van der Waals surface area contributed by atoms with Crippen LogP contribution in [-0.2, 0) is 9.53 Å². The van der Waals surface area contributed by atoms with E-state index >= 15 is 0 Å². The molecule has 1 N–H and O–H groups in total. The third kappa shape index (κ3) is 5.71. The average molecular weight is 364 g/mol. The van der Waals surface area contributed by atoms with Crippen molar-refractivity contribution in [3.8, 4) is 0 Å². The predicted octanol–water partition coefficient (Wildman–Crippen LogP) is 3.93. The molecule has 0 fully saturated rings. The fourth-order valence-electron chi connectivity index (χ4n) is 2.05. The molecule has 2 atom stereocenters. The van der Waals surface area contributed by atoms with E-state index in [9.17, 15) is 13.6 Å². The van der Waals surface area contributed by atoms with E-state index in [1.807, 2.05) is 13.8 Å². The zero-order valence-corrected chi connectivity index (χ0v) is 13.9. The lowest BCUT2D eigenvalue weighted by molar-refractivity contribution is -0.144. The highest BCUT2D eigenvalue weighted by molar-refractivity contribution is 9.10. The minimum Gasteiger partial charge on any atom is -0.468 e. The molecule has 0 saturated carbocycles. The first-order valence-electron chi connectivity index (χ1n) is 6.72. The number of benzene rings is 1. The number of halogens is 3. The number of hydrogen-bond acceptors (Lipinski definition) is 3. The van der Waals surface area contributed by atoms with Crippen molar-refractivity contribution in [2.24, 2.45) is 5.92 Å². The van der Waals surface area contributed by atoms with Gasteiger partial charge < -0.3 is 4.74 Å². The molecule has 6 heteroatoms. The minimum absolute atomic E-state index is 0.185. The zero-order chi connectivity index (χ0) is 16.0. The Balaban J connectivity index is 2.93. The van der Waals surface area contributed by atoms with E-state index in [1.54, 1.807) is 24.3 Å². The molecule has 0 amide bonds. The van der Waals surface area contributed by atoms with Crippen LogP contribution in [0.25, 0.3) is 0 Å². The first kappa shape index (κ1) is 18.0. The van der Waals surface area contributed by atoms with E-state index in [0.717, 1.165) is 4.47 Å². The molecule has 0 heterocycles. The Morgan fingerprint density at radius 3 is 2.29 bits per heavy atom. The Morgan fingerprint density at radius 1 is 1.29 bits per heavy atom. The molecule has 0 aliphatic carbocycles. The molecule has 3 nitrogen and oxygen atoms in total. The van der Waals surface area contributed by atoms with E-state index in [2.05, 4.69) is 21.2 Å². The second-order valence-corrected chi connectivity index (χ2v) is 6.15. The maximum absolute atomic E-state index is 13.3. The highest BCUT2D eigenvalue weighted by Crippen LogP contribution is 2.24. The molecule has 0 radical (unpaired) electrons. The number of carbonyl (C=O) groups excluding carboxylic acids is 1. The average Bonchev–Trinajstić information content (AvgIpc) is 2.43. The van der Waals surface area contributed by atoms with Gasteiger partial charge in [-0.2, -0.15) is 0 Å². The number of nitrogens with one attached hydrogen (secondary N) is 1. The molecule has 21 heavy (non-hydrogen) atoms. The van der Waals surface area contributed by atoms with Crippen molar-refractivity contribution in [1.82, 2.24) is 5.32 Å². The molecule has 0 unspecified atom stereocenters. The largest absolute Gasteiger partial charge is 0.468 e. The van der Waals surface area contributed by atoms with Crippen LogP contribution in [0, 0.1) is 5.92 Å². The Labute approximate surface area is 132 Å². The van der Waals surface area contributed by atoms with Crippen molar-refractivity contribution in [2.45, 2.75) is 38.8 Å². The van der Waals surface area contributed by atoms with Gasteiger partial charge in [-0.3, -0.25) is 10.1 Å². The molecule has 0 aromatic heterocycles. The third-order valence-corrected chi connectivity index (χ3v) is 3.58. The van der Waals surface area contributed by atoms with Crippen LogP contribution in [-0.4, -0.2) is 25.5 Å². The van der Waals surface area contributed by atoms with E-state index in [4.69, 9.17) is 4.74 Å². The first-order valence-corrected chi connectivity index (χ1v) is 7.52. The monoisotopic (exact) mass is 363 g/mol. The molecule has 118 valence electrons. The minimum atomic E-state index is -2.62. The lowest BCUT2D eigenvalue weighted by Crippen LogP contribution is -2.43. The van der Waals surface area contributed by atoms with Gasteiger partial charge in [0.1, 0.15) is 6.04 Å². The van der Waals surface area contributed by atoms with Crippen LogP contribution >= 0.6 is 15.9 Å². The van der Waals surface area contributed by atoms with Crippen LogP contribution < -0.4 is 5.32 Å². The molecule has 1 aromatic carbocycles. The van der Waals surface area contributed by atoms with E-state index < -0.39 is 24.5 Å². The van der Waals surface area contributed by atoms with E-state index in [0.29, 0.717) is 12.0 Å². The van der Waals surface area contributed by atoms with Crippen molar-refractivity contribution >= 4 is 21.9 Å². The summed E-state index contributed by atoms with van der Waals surface area (Å²) in [5.74, 6) is -0.337. The fourth-order valence-corrected chi connectivity index (χ4v) is 2.31. The summed E-state index contributed by atoms with van der Waals surface area (Å²) >= 11 is 3.27. The fraction of sp³-hybridized carbons (Fsp3) is 0.533. The van der Waals surface area contributed by atoms with Crippen molar-refractivity contribution in [1.29, 1.82) is 0 Å². The van der Waals surface area contributed by atoms with Crippen LogP contribution in [0.2, 0.25) is 0 Å². The zero-order valence-electron chi connectivity index (χ0n) is 12.3. The summed E-state index contributed by atoms with van der Waals surface area (Å²) in [7, 11) is 1.26. The van der Waals surface area contributed by atoms with Gasteiger partial charge in [-0.1, -0.05) is 41.9 Å². The smallest absolute Gasteiger partial charge is 0.322 e. The number of esters is 1. The Morgan fingerprint density at radius 2 is 1.86 bits per heavy atom. The highest BCUT2D eigenvalue weighted by atomic mass is 79.9. The lowest BCUT2D eigenvalue weighted by Gasteiger charge is -2.25. The highest BCUT2D eigenvalue weighted by Gasteiger charge is 2.29. The van der Waals surface area contributed by atoms with Crippen molar-refractivity contribution in [3.05, 3.63) is 34.3 Å². The molecule has 0 aliphatic heterocycles. The topological polar surface area (TPSA) is 38.3 Å². The van der Waals surface area contributed by atoms with Gasteiger partial charge in [-0.05, 0) is 30.0 Å². The summed E-state index contributed by atoms with van der Waals surface area (Å²) in [5.41, 5.74) is 0.436. The molecule has 1 rings (SSSR count). The van der Waals surface area contributed by atoms with Crippen LogP contribution in [0.1, 0.15) is 31.9 Å². The molecule has 0 saturated heterocycles. The predicted molar refractivity (Wildman–Crippen MR) is 81.3 cm³/mol. The number of rotatable bonds is 7.